The van der Waals surface area contributed by atoms with E-state index in [1.807, 2.05) is 79.1 Å². The maximum absolute atomic E-state index is 13.8. The fourth-order valence-corrected chi connectivity index (χ4v) is 6.36. The molecule has 0 saturated carbocycles. The number of fused-ring (bicyclic) bond motifs is 2. The number of rotatable bonds is 8. The second-order valence-electron chi connectivity index (χ2n) is 9.62. The van der Waals surface area contributed by atoms with E-state index in [-0.39, 0.29) is 19.0 Å². The Balaban J connectivity index is 1.30. The van der Waals surface area contributed by atoms with Crippen molar-refractivity contribution in [1.82, 2.24) is 4.57 Å². The van der Waals surface area contributed by atoms with Crippen molar-refractivity contribution in [1.29, 1.82) is 0 Å². The van der Waals surface area contributed by atoms with Gasteiger partial charge in [0.1, 0.15) is 12.4 Å². The predicted octanol–water partition coefficient (Wildman–Crippen LogP) is 4.83. The molecule has 1 aromatic heterocycles. The molecule has 214 valence electrons. The van der Waals surface area contributed by atoms with E-state index in [9.17, 15) is 9.59 Å². The van der Waals surface area contributed by atoms with Crippen molar-refractivity contribution in [2.45, 2.75) is 31.4 Å². The van der Waals surface area contributed by atoms with E-state index in [2.05, 4.69) is 4.99 Å². The van der Waals surface area contributed by atoms with Crippen LogP contribution in [0.5, 0.6) is 17.2 Å². The summed E-state index contributed by atoms with van der Waals surface area (Å²) in [7, 11) is 0. The number of carbonyl (C=O) groups is 1. The number of thioether (sulfide) groups is 1. The Hall–Kier alpha value is -4.28. The van der Waals surface area contributed by atoms with Gasteiger partial charge in [-0.2, -0.15) is 0 Å². The SMILES string of the molecule is CCOC(=O)C1=C(C)N=c2s/c(=C\c3ccc(OCc4ccc5c(c4)OCO5)cc3)c(=O)n2[C@H]1c1ccc(SC)cc1. The van der Waals surface area contributed by atoms with E-state index in [1.54, 1.807) is 30.2 Å². The van der Waals surface area contributed by atoms with Crippen LogP contribution < -0.4 is 29.1 Å². The lowest BCUT2D eigenvalue weighted by molar-refractivity contribution is -0.139. The Morgan fingerprint density at radius 2 is 1.86 bits per heavy atom. The topological polar surface area (TPSA) is 88.4 Å². The highest BCUT2D eigenvalue weighted by molar-refractivity contribution is 7.98. The minimum Gasteiger partial charge on any atom is -0.489 e. The van der Waals surface area contributed by atoms with Crippen LogP contribution in [-0.4, -0.2) is 30.2 Å². The number of benzene rings is 3. The van der Waals surface area contributed by atoms with E-state index in [4.69, 9.17) is 18.9 Å². The lowest BCUT2D eigenvalue weighted by Gasteiger charge is -2.24. The molecule has 0 bridgehead atoms. The van der Waals surface area contributed by atoms with Gasteiger partial charge in [0, 0.05) is 4.90 Å². The molecule has 0 N–H and O–H groups in total. The number of ether oxygens (including phenoxy) is 4. The zero-order valence-corrected chi connectivity index (χ0v) is 24.9. The summed E-state index contributed by atoms with van der Waals surface area (Å²) in [5.74, 6) is 1.69. The molecule has 0 unspecified atom stereocenters. The Kier molecular flexibility index (Phi) is 7.90. The minimum atomic E-state index is -0.634. The van der Waals surface area contributed by atoms with Crippen molar-refractivity contribution in [3.63, 3.8) is 0 Å². The number of hydrogen-bond acceptors (Lipinski definition) is 9. The molecule has 2 aliphatic heterocycles. The third kappa shape index (κ3) is 5.47. The van der Waals surface area contributed by atoms with Crippen molar-refractivity contribution >= 4 is 35.1 Å². The first-order valence-corrected chi connectivity index (χ1v) is 15.4. The first-order chi connectivity index (χ1) is 20.4. The molecule has 0 radical (unpaired) electrons. The molecule has 1 atom stereocenters. The molecule has 0 saturated heterocycles. The molecule has 0 aliphatic carbocycles. The lowest BCUT2D eigenvalue weighted by Crippen LogP contribution is -2.39. The number of allylic oxidation sites excluding steroid dienone is 1. The van der Waals surface area contributed by atoms with Crippen LogP contribution in [0.4, 0.5) is 0 Å². The maximum atomic E-state index is 13.8. The van der Waals surface area contributed by atoms with E-state index in [0.717, 1.165) is 33.1 Å². The first kappa shape index (κ1) is 27.9. The third-order valence-electron chi connectivity index (χ3n) is 6.97. The van der Waals surface area contributed by atoms with E-state index in [1.165, 1.54) is 11.3 Å². The summed E-state index contributed by atoms with van der Waals surface area (Å²) in [6, 6.07) is 20.5. The van der Waals surface area contributed by atoms with Crippen molar-refractivity contribution in [2.24, 2.45) is 4.99 Å². The van der Waals surface area contributed by atoms with Gasteiger partial charge >= 0.3 is 5.97 Å². The van der Waals surface area contributed by atoms with E-state index in [0.29, 0.717) is 33.0 Å². The molecule has 4 aromatic rings. The molecular weight excluding hydrogens is 572 g/mol. The molecule has 10 heteroatoms. The van der Waals surface area contributed by atoms with Crippen LogP contribution in [-0.2, 0) is 16.1 Å². The minimum absolute atomic E-state index is 0.213. The van der Waals surface area contributed by atoms with Gasteiger partial charge in [-0.05, 0) is 79.3 Å². The summed E-state index contributed by atoms with van der Waals surface area (Å²) in [5, 5.41) is 0. The van der Waals surface area contributed by atoms with Crippen molar-refractivity contribution in [3.8, 4) is 17.2 Å². The monoisotopic (exact) mass is 600 g/mol. The van der Waals surface area contributed by atoms with Crippen LogP contribution in [0, 0.1) is 0 Å². The van der Waals surface area contributed by atoms with Gasteiger partial charge in [-0.25, -0.2) is 9.79 Å². The number of carbonyl (C=O) groups excluding carboxylic acids is 1. The zero-order chi connectivity index (χ0) is 29.2. The van der Waals surface area contributed by atoms with Crippen molar-refractivity contribution < 1.29 is 23.7 Å². The van der Waals surface area contributed by atoms with Crippen LogP contribution in [0.1, 0.15) is 36.6 Å². The number of esters is 1. The second-order valence-corrected chi connectivity index (χ2v) is 11.5. The Bertz CT molecular complexity index is 1860. The van der Waals surface area contributed by atoms with Gasteiger partial charge in [0.25, 0.3) is 5.56 Å². The van der Waals surface area contributed by atoms with Crippen LogP contribution in [0.3, 0.4) is 0 Å². The van der Waals surface area contributed by atoms with Gasteiger partial charge in [0.15, 0.2) is 16.3 Å². The molecule has 0 spiro atoms. The molecule has 42 heavy (non-hydrogen) atoms. The average molecular weight is 601 g/mol. The smallest absolute Gasteiger partial charge is 0.338 e. The normalized spacial score (nSPS) is 15.8. The summed E-state index contributed by atoms with van der Waals surface area (Å²) in [4.78, 5) is 33.2. The zero-order valence-electron chi connectivity index (χ0n) is 23.3. The summed E-state index contributed by atoms with van der Waals surface area (Å²) in [5.41, 5.74) is 3.34. The Labute approximate surface area is 250 Å². The van der Waals surface area contributed by atoms with Crippen LogP contribution in [0.25, 0.3) is 6.08 Å². The molecule has 2 aliphatic rings. The number of hydrogen-bond donors (Lipinski definition) is 0. The summed E-state index contributed by atoms with van der Waals surface area (Å²) < 4.78 is 24.3. The maximum Gasteiger partial charge on any atom is 0.338 e. The number of thiazole rings is 1. The van der Waals surface area contributed by atoms with Crippen LogP contribution in [0.15, 0.2) is 92.7 Å². The summed E-state index contributed by atoms with van der Waals surface area (Å²) >= 11 is 2.93. The van der Waals surface area contributed by atoms with Gasteiger partial charge in [-0.1, -0.05) is 41.7 Å². The van der Waals surface area contributed by atoms with E-state index < -0.39 is 12.0 Å². The summed E-state index contributed by atoms with van der Waals surface area (Å²) in [6.07, 6.45) is 3.84. The number of aromatic nitrogens is 1. The average Bonchev–Trinajstić information content (AvgIpc) is 3.59. The third-order valence-corrected chi connectivity index (χ3v) is 8.70. The Morgan fingerprint density at radius 1 is 1.10 bits per heavy atom. The fourth-order valence-electron chi connectivity index (χ4n) is 4.90. The second kappa shape index (κ2) is 11.9. The van der Waals surface area contributed by atoms with Crippen molar-refractivity contribution in [3.05, 3.63) is 114 Å². The van der Waals surface area contributed by atoms with Gasteiger partial charge < -0.3 is 18.9 Å². The van der Waals surface area contributed by atoms with Crippen LogP contribution in [0.2, 0.25) is 0 Å². The molecule has 0 fully saturated rings. The van der Waals surface area contributed by atoms with Gasteiger partial charge in [-0.3, -0.25) is 9.36 Å². The van der Waals surface area contributed by atoms with Gasteiger partial charge in [0.2, 0.25) is 6.79 Å². The number of nitrogens with zero attached hydrogens (tertiary/aromatic N) is 2. The standard InChI is InChI=1S/C32H28N2O6S2/c1-4-37-31(36)28-19(2)33-32-34(29(28)22-8-12-24(41-3)13-9-22)30(35)27(42-32)16-20-5-10-23(11-6-20)38-17-21-7-14-25-26(15-21)40-18-39-25/h5-16,29H,4,17-18H2,1-3H3/b27-16-/t29-/m0/s1. The highest BCUT2D eigenvalue weighted by Gasteiger charge is 2.33. The highest BCUT2D eigenvalue weighted by atomic mass is 32.2. The molecule has 0 amide bonds. The molecule has 3 aromatic carbocycles. The molecular formula is C32H28N2O6S2. The Morgan fingerprint density at radius 3 is 2.60 bits per heavy atom. The van der Waals surface area contributed by atoms with Gasteiger partial charge in [-0.15, -0.1) is 11.8 Å². The highest BCUT2D eigenvalue weighted by Crippen LogP contribution is 2.33. The van der Waals surface area contributed by atoms with E-state index >= 15 is 0 Å². The molecule has 6 rings (SSSR count). The predicted molar refractivity (Wildman–Crippen MR) is 162 cm³/mol. The molecule has 3 heterocycles. The van der Waals surface area contributed by atoms with Gasteiger partial charge in [0.05, 0.1) is 28.5 Å². The van der Waals surface area contributed by atoms with Crippen molar-refractivity contribution in [2.75, 3.05) is 19.7 Å². The molecule has 8 nitrogen and oxygen atoms in total. The first-order valence-electron chi connectivity index (χ1n) is 13.4. The summed E-state index contributed by atoms with van der Waals surface area (Å²) in [6.45, 7) is 4.40. The fraction of sp³-hybridized carbons (Fsp3) is 0.219. The quantitative estimate of drug-likeness (QED) is 0.212. The largest absolute Gasteiger partial charge is 0.489 e. The van der Waals surface area contributed by atoms with Crippen LogP contribution >= 0.6 is 23.1 Å². The lowest BCUT2D eigenvalue weighted by atomic mass is 9.96.